The third-order valence-electron chi connectivity index (χ3n) is 4.19. The Bertz CT molecular complexity index is 881. The summed E-state index contributed by atoms with van der Waals surface area (Å²) in [5.41, 5.74) is 1.48. The van der Waals surface area contributed by atoms with E-state index < -0.39 is 23.8 Å². The van der Waals surface area contributed by atoms with E-state index in [4.69, 9.17) is 9.47 Å². The lowest BCUT2D eigenvalue weighted by molar-refractivity contribution is -0.146. The Morgan fingerprint density at radius 2 is 1.89 bits per heavy atom. The molecule has 0 saturated heterocycles. The third kappa shape index (κ3) is 4.95. The maximum atomic E-state index is 12.6. The number of ketones is 2. The van der Waals surface area contributed by atoms with Crippen LogP contribution in [-0.2, 0) is 14.3 Å². The first-order valence-corrected chi connectivity index (χ1v) is 9.80. The van der Waals surface area contributed by atoms with Gasteiger partial charge in [-0.15, -0.1) is 11.3 Å². The summed E-state index contributed by atoms with van der Waals surface area (Å²) < 4.78 is 10.2. The van der Waals surface area contributed by atoms with Gasteiger partial charge in [-0.25, -0.2) is 4.79 Å². The lowest BCUT2D eigenvalue weighted by atomic mass is 10.1. The molecule has 0 aliphatic rings. The van der Waals surface area contributed by atoms with Gasteiger partial charge >= 0.3 is 11.9 Å². The van der Waals surface area contributed by atoms with Gasteiger partial charge in [0.05, 0.1) is 29.2 Å². The average Bonchev–Trinajstić information content (AvgIpc) is 3.27. The first kappa shape index (κ1) is 21.6. The maximum absolute atomic E-state index is 12.6. The number of carbonyl (C=O) groups excluding carboxylic acids is 4. The van der Waals surface area contributed by atoms with Gasteiger partial charge in [-0.1, -0.05) is 6.07 Å². The molecular weight excluding hydrogens is 382 g/mol. The Hall–Kier alpha value is -2.74. The number of ether oxygens (including phenoxy) is 2. The number of Topliss-reactive ketones (excluding diaryl/α,β-unsaturated/α-hetero) is 2. The largest absolute Gasteiger partial charge is 0.462 e. The second-order valence-electron chi connectivity index (χ2n) is 6.24. The van der Waals surface area contributed by atoms with Gasteiger partial charge in [0, 0.05) is 12.1 Å². The zero-order chi connectivity index (χ0) is 20.8. The van der Waals surface area contributed by atoms with Crippen LogP contribution in [0.25, 0.3) is 0 Å². The molecule has 7 nitrogen and oxygen atoms in total. The molecule has 0 spiro atoms. The highest BCUT2D eigenvalue weighted by Crippen LogP contribution is 2.21. The molecule has 0 amide bonds. The molecule has 0 aromatic carbocycles. The van der Waals surface area contributed by atoms with E-state index >= 15 is 0 Å². The van der Waals surface area contributed by atoms with Crippen molar-refractivity contribution in [1.29, 1.82) is 0 Å². The van der Waals surface area contributed by atoms with Crippen molar-refractivity contribution in [3.05, 3.63) is 44.9 Å². The van der Waals surface area contributed by atoms with Gasteiger partial charge in [0.15, 0.2) is 11.9 Å². The van der Waals surface area contributed by atoms with E-state index in [2.05, 4.69) is 4.98 Å². The quantitative estimate of drug-likeness (QED) is 0.505. The van der Waals surface area contributed by atoms with Crippen LogP contribution < -0.4 is 0 Å². The van der Waals surface area contributed by atoms with E-state index in [-0.39, 0.29) is 30.9 Å². The van der Waals surface area contributed by atoms with Crippen molar-refractivity contribution >= 4 is 34.8 Å². The number of H-pyrrole nitrogens is 1. The standard InChI is InChI=1S/C20H23NO6S/c1-5-26-20(25)17-11(2)18(21-12(17)3)19(24)13(4)27-16(23)9-8-14(22)15-7-6-10-28-15/h6-7,10,13,21H,5,8-9H2,1-4H3/t13-/m1/s1. The van der Waals surface area contributed by atoms with E-state index in [1.807, 2.05) is 0 Å². The van der Waals surface area contributed by atoms with Crippen molar-refractivity contribution in [2.45, 2.75) is 46.6 Å². The van der Waals surface area contributed by atoms with E-state index in [0.717, 1.165) is 0 Å². The Morgan fingerprint density at radius 3 is 2.50 bits per heavy atom. The minimum Gasteiger partial charge on any atom is -0.462 e. The van der Waals surface area contributed by atoms with Gasteiger partial charge < -0.3 is 14.5 Å². The zero-order valence-corrected chi connectivity index (χ0v) is 17.1. The minimum absolute atomic E-state index is 0.0217. The second kappa shape index (κ2) is 9.45. The molecule has 2 aromatic heterocycles. The molecule has 0 aliphatic carbocycles. The normalized spacial score (nSPS) is 11.7. The van der Waals surface area contributed by atoms with Gasteiger partial charge in [0.25, 0.3) is 0 Å². The summed E-state index contributed by atoms with van der Waals surface area (Å²) in [4.78, 5) is 52.1. The smallest absolute Gasteiger partial charge is 0.340 e. The highest BCUT2D eigenvalue weighted by atomic mass is 32.1. The third-order valence-corrected chi connectivity index (χ3v) is 5.10. The number of aryl methyl sites for hydroxylation is 1. The number of thiophene rings is 1. The number of esters is 2. The highest BCUT2D eigenvalue weighted by molar-refractivity contribution is 7.12. The van der Waals surface area contributed by atoms with Crippen molar-refractivity contribution < 1.29 is 28.7 Å². The van der Waals surface area contributed by atoms with Crippen LogP contribution in [0.15, 0.2) is 17.5 Å². The predicted octanol–water partition coefficient (Wildman–Crippen LogP) is 3.65. The van der Waals surface area contributed by atoms with E-state index in [1.165, 1.54) is 18.3 Å². The number of carbonyl (C=O) groups is 4. The molecule has 150 valence electrons. The van der Waals surface area contributed by atoms with E-state index in [0.29, 0.717) is 21.7 Å². The molecule has 0 fully saturated rings. The second-order valence-corrected chi connectivity index (χ2v) is 7.19. The molecule has 1 N–H and O–H groups in total. The summed E-state index contributed by atoms with van der Waals surface area (Å²) in [6.07, 6.45) is -1.13. The van der Waals surface area contributed by atoms with Gasteiger partial charge in [-0.3, -0.25) is 14.4 Å². The zero-order valence-electron chi connectivity index (χ0n) is 16.3. The fourth-order valence-electron chi connectivity index (χ4n) is 2.79. The summed E-state index contributed by atoms with van der Waals surface area (Å²) in [6, 6.07) is 3.46. The maximum Gasteiger partial charge on any atom is 0.340 e. The van der Waals surface area contributed by atoms with Crippen LogP contribution in [0.1, 0.15) is 68.5 Å². The minimum atomic E-state index is -1.05. The summed E-state index contributed by atoms with van der Waals surface area (Å²) in [5.74, 6) is -1.73. The van der Waals surface area contributed by atoms with E-state index in [1.54, 1.807) is 38.3 Å². The molecule has 28 heavy (non-hydrogen) atoms. The van der Waals surface area contributed by atoms with Crippen LogP contribution in [0.5, 0.6) is 0 Å². The summed E-state index contributed by atoms with van der Waals surface area (Å²) in [7, 11) is 0. The Balaban J connectivity index is 1.98. The monoisotopic (exact) mass is 405 g/mol. The topological polar surface area (TPSA) is 103 Å². The summed E-state index contributed by atoms with van der Waals surface area (Å²) >= 11 is 1.31. The molecule has 0 bridgehead atoms. The Morgan fingerprint density at radius 1 is 1.18 bits per heavy atom. The number of rotatable bonds is 9. The van der Waals surface area contributed by atoms with E-state index in [9.17, 15) is 19.2 Å². The van der Waals surface area contributed by atoms with Crippen LogP contribution in [0.4, 0.5) is 0 Å². The van der Waals surface area contributed by atoms with Crippen molar-refractivity contribution in [2.24, 2.45) is 0 Å². The van der Waals surface area contributed by atoms with Crippen molar-refractivity contribution in [1.82, 2.24) is 4.98 Å². The Kier molecular flexibility index (Phi) is 7.28. The number of aromatic nitrogens is 1. The molecule has 8 heteroatoms. The van der Waals surface area contributed by atoms with Crippen LogP contribution >= 0.6 is 11.3 Å². The molecule has 0 unspecified atom stereocenters. The average molecular weight is 405 g/mol. The summed E-state index contributed by atoms with van der Waals surface area (Å²) in [6.45, 7) is 6.69. The molecule has 1 atom stereocenters. The fraction of sp³-hybridized carbons (Fsp3) is 0.400. The first-order chi connectivity index (χ1) is 13.3. The van der Waals surface area contributed by atoms with Crippen molar-refractivity contribution in [3.8, 4) is 0 Å². The number of aromatic amines is 1. The number of hydrogen-bond acceptors (Lipinski definition) is 7. The van der Waals surface area contributed by atoms with Crippen LogP contribution in [0.3, 0.4) is 0 Å². The predicted molar refractivity (Wildman–Crippen MR) is 104 cm³/mol. The molecule has 2 aromatic rings. The van der Waals surface area contributed by atoms with Gasteiger partial charge in [0.1, 0.15) is 0 Å². The van der Waals surface area contributed by atoms with Crippen molar-refractivity contribution in [3.63, 3.8) is 0 Å². The highest BCUT2D eigenvalue weighted by Gasteiger charge is 2.27. The molecule has 2 heterocycles. The summed E-state index contributed by atoms with van der Waals surface area (Å²) in [5, 5.41) is 1.79. The van der Waals surface area contributed by atoms with Gasteiger partial charge in [0.2, 0.25) is 5.78 Å². The van der Waals surface area contributed by atoms with Crippen LogP contribution in [0, 0.1) is 13.8 Å². The SMILES string of the molecule is CCOC(=O)c1c(C)[nH]c(C(=O)[C@@H](C)OC(=O)CCC(=O)c2cccs2)c1C. The first-order valence-electron chi connectivity index (χ1n) is 8.92. The molecule has 0 saturated carbocycles. The lowest BCUT2D eigenvalue weighted by Crippen LogP contribution is -2.25. The lowest BCUT2D eigenvalue weighted by Gasteiger charge is -2.12. The Labute approximate surface area is 167 Å². The number of nitrogens with one attached hydrogen (secondary N) is 1. The number of hydrogen-bond donors (Lipinski definition) is 1. The molecular formula is C20H23NO6S. The van der Waals surface area contributed by atoms with Gasteiger partial charge in [-0.2, -0.15) is 0 Å². The van der Waals surface area contributed by atoms with Gasteiger partial charge in [-0.05, 0) is 44.7 Å². The van der Waals surface area contributed by atoms with Crippen molar-refractivity contribution in [2.75, 3.05) is 6.61 Å². The molecule has 2 rings (SSSR count). The van der Waals surface area contributed by atoms with Crippen LogP contribution in [0.2, 0.25) is 0 Å². The molecule has 0 radical (unpaired) electrons. The molecule has 0 aliphatic heterocycles. The fourth-order valence-corrected chi connectivity index (χ4v) is 3.49. The van der Waals surface area contributed by atoms with Crippen LogP contribution in [-0.4, -0.2) is 41.2 Å².